The van der Waals surface area contributed by atoms with Crippen molar-refractivity contribution < 1.29 is 14.3 Å². The number of carbonyl (C=O) groups excluding carboxylic acids is 1. The molecule has 0 bridgehead atoms. The predicted molar refractivity (Wildman–Crippen MR) is 86.1 cm³/mol. The Morgan fingerprint density at radius 3 is 2.05 bits per heavy atom. The summed E-state index contributed by atoms with van der Waals surface area (Å²) in [4.78, 5) is 12.1. The summed E-state index contributed by atoms with van der Waals surface area (Å²) in [6.07, 6.45) is 1.47. The van der Waals surface area contributed by atoms with Gasteiger partial charge in [-0.25, -0.2) is 4.79 Å². The van der Waals surface area contributed by atoms with Crippen LogP contribution in [0.3, 0.4) is 0 Å². The maximum atomic E-state index is 12.1. The largest absolute Gasteiger partial charge is 0.459 e. The molecule has 0 aliphatic rings. The molecular weight excluding hydrogens is 276 g/mol. The van der Waals surface area contributed by atoms with Gasteiger partial charge in [0.15, 0.2) is 6.10 Å². The van der Waals surface area contributed by atoms with E-state index in [4.69, 9.17) is 9.47 Å². The SMILES string of the molecule is C=CCC(OCc1ccccc1)C(=O)OCc1ccccc1. The van der Waals surface area contributed by atoms with Crippen LogP contribution in [0.5, 0.6) is 0 Å². The highest BCUT2D eigenvalue weighted by Gasteiger charge is 2.19. The molecule has 0 spiro atoms. The Bertz CT molecular complexity index is 578. The lowest BCUT2D eigenvalue weighted by atomic mass is 10.2. The summed E-state index contributed by atoms with van der Waals surface area (Å²) in [5.74, 6) is -0.361. The van der Waals surface area contributed by atoms with Crippen LogP contribution >= 0.6 is 0 Å². The first kappa shape index (κ1) is 16.0. The zero-order valence-corrected chi connectivity index (χ0v) is 12.5. The van der Waals surface area contributed by atoms with E-state index in [1.165, 1.54) is 0 Å². The van der Waals surface area contributed by atoms with E-state index in [1.54, 1.807) is 6.08 Å². The number of esters is 1. The van der Waals surface area contributed by atoms with Crippen molar-refractivity contribution in [3.05, 3.63) is 84.4 Å². The molecule has 3 heteroatoms. The predicted octanol–water partition coefficient (Wildman–Crippen LogP) is 3.89. The van der Waals surface area contributed by atoms with Crippen molar-refractivity contribution in [1.82, 2.24) is 0 Å². The molecule has 0 fully saturated rings. The van der Waals surface area contributed by atoms with Crippen molar-refractivity contribution in [2.45, 2.75) is 25.7 Å². The third-order valence-electron chi connectivity index (χ3n) is 3.16. The lowest BCUT2D eigenvalue weighted by Crippen LogP contribution is -2.26. The first-order valence-corrected chi connectivity index (χ1v) is 7.26. The van der Waals surface area contributed by atoms with Gasteiger partial charge in [0.25, 0.3) is 0 Å². The van der Waals surface area contributed by atoms with Gasteiger partial charge in [0.1, 0.15) is 6.61 Å². The molecule has 0 heterocycles. The van der Waals surface area contributed by atoms with E-state index in [0.29, 0.717) is 13.0 Å². The third kappa shape index (κ3) is 5.19. The van der Waals surface area contributed by atoms with Crippen molar-refractivity contribution in [1.29, 1.82) is 0 Å². The average Bonchev–Trinajstić information content (AvgIpc) is 2.58. The van der Waals surface area contributed by atoms with E-state index in [-0.39, 0.29) is 12.6 Å². The third-order valence-corrected chi connectivity index (χ3v) is 3.16. The van der Waals surface area contributed by atoms with Gasteiger partial charge in [0.2, 0.25) is 0 Å². The second kappa shape index (κ2) is 8.80. The Kier molecular flexibility index (Phi) is 6.39. The standard InChI is InChI=1S/C19H20O3/c1-2-9-18(21-14-16-10-5-3-6-11-16)19(20)22-15-17-12-7-4-8-13-17/h2-8,10-13,18H,1,9,14-15H2. The molecule has 0 aliphatic carbocycles. The summed E-state index contributed by atoms with van der Waals surface area (Å²) < 4.78 is 11.0. The van der Waals surface area contributed by atoms with Crippen LogP contribution in [0.15, 0.2) is 73.3 Å². The zero-order chi connectivity index (χ0) is 15.6. The number of carbonyl (C=O) groups is 1. The van der Waals surface area contributed by atoms with Crippen LogP contribution in [0.4, 0.5) is 0 Å². The molecule has 0 amide bonds. The van der Waals surface area contributed by atoms with Gasteiger partial charge in [-0.2, -0.15) is 0 Å². The molecule has 114 valence electrons. The van der Waals surface area contributed by atoms with E-state index in [0.717, 1.165) is 11.1 Å². The van der Waals surface area contributed by atoms with E-state index < -0.39 is 6.10 Å². The van der Waals surface area contributed by atoms with Gasteiger partial charge in [-0.05, 0) is 11.1 Å². The Morgan fingerprint density at radius 1 is 0.955 bits per heavy atom. The molecule has 0 saturated carbocycles. The molecule has 2 rings (SSSR count). The number of ether oxygens (including phenoxy) is 2. The maximum absolute atomic E-state index is 12.1. The first-order valence-electron chi connectivity index (χ1n) is 7.26. The molecule has 2 aromatic rings. The molecule has 1 unspecified atom stereocenters. The van der Waals surface area contributed by atoms with Crippen LogP contribution in [0.1, 0.15) is 17.5 Å². The van der Waals surface area contributed by atoms with Gasteiger partial charge in [-0.1, -0.05) is 66.7 Å². The summed E-state index contributed by atoms with van der Waals surface area (Å²) in [6, 6.07) is 19.3. The smallest absolute Gasteiger partial charge is 0.335 e. The molecule has 3 nitrogen and oxygen atoms in total. The van der Waals surface area contributed by atoms with Crippen LogP contribution in [0.25, 0.3) is 0 Å². The number of hydrogen-bond donors (Lipinski definition) is 0. The summed E-state index contributed by atoms with van der Waals surface area (Å²) in [5, 5.41) is 0. The van der Waals surface area contributed by atoms with Crippen molar-refractivity contribution >= 4 is 5.97 Å². The topological polar surface area (TPSA) is 35.5 Å². The molecule has 2 aromatic carbocycles. The quantitative estimate of drug-likeness (QED) is 0.547. The fourth-order valence-electron chi connectivity index (χ4n) is 1.98. The average molecular weight is 296 g/mol. The highest BCUT2D eigenvalue weighted by Crippen LogP contribution is 2.10. The lowest BCUT2D eigenvalue weighted by Gasteiger charge is -2.15. The molecule has 0 saturated heterocycles. The minimum Gasteiger partial charge on any atom is -0.459 e. The minimum atomic E-state index is -0.624. The lowest BCUT2D eigenvalue weighted by molar-refractivity contribution is -0.159. The first-order chi connectivity index (χ1) is 10.8. The highest BCUT2D eigenvalue weighted by molar-refractivity contribution is 5.74. The Labute approximate surface area is 131 Å². The van der Waals surface area contributed by atoms with Gasteiger partial charge in [-0.3, -0.25) is 0 Å². The summed E-state index contributed by atoms with van der Waals surface area (Å²) in [7, 11) is 0. The van der Waals surface area contributed by atoms with Gasteiger partial charge < -0.3 is 9.47 Å². The minimum absolute atomic E-state index is 0.252. The Hall–Kier alpha value is -2.39. The van der Waals surface area contributed by atoms with Crippen LogP contribution in [-0.4, -0.2) is 12.1 Å². The fraction of sp³-hybridized carbons (Fsp3) is 0.211. The number of benzene rings is 2. The molecule has 0 radical (unpaired) electrons. The van der Waals surface area contributed by atoms with Gasteiger partial charge in [0.05, 0.1) is 6.61 Å². The highest BCUT2D eigenvalue weighted by atomic mass is 16.6. The normalized spacial score (nSPS) is 11.6. The summed E-state index contributed by atoms with van der Waals surface area (Å²) in [5.41, 5.74) is 1.98. The molecule has 1 atom stereocenters. The van der Waals surface area contributed by atoms with E-state index >= 15 is 0 Å². The van der Waals surface area contributed by atoms with Crippen LogP contribution < -0.4 is 0 Å². The summed E-state index contributed by atoms with van der Waals surface area (Å²) >= 11 is 0. The second-order valence-electron chi connectivity index (χ2n) is 4.90. The molecule has 0 aromatic heterocycles. The number of rotatable bonds is 8. The van der Waals surface area contributed by atoms with Crippen molar-refractivity contribution in [2.75, 3.05) is 0 Å². The Morgan fingerprint density at radius 2 is 1.50 bits per heavy atom. The zero-order valence-electron chi connectivity index (χ0n) is 12.5. The van der Waals surface area contributed by atoms with Crippen LogP contribution in [0.2, 0.25) is 0 Å². The fourth-order valence-corrected chi connectivity index (χ4v) is 1.98. The van der Waals surface area contributed by atoms with Gasteiger partial charge >= 0.3 is 5.97 Å². The molecular formula is C19H20O3. The second-order valence-corrected chi connectivity index (χ2v) is 4.90. The Balaban J connectivity index is 1.86. The van der Waals surface area contributed by atoms with E-state index in [2.05, 4.69) is 6.58 Å². The van der Waals surface area contributed by atoms with Crippen molar-refractivity contribution in [3.63, 3.8) is 0 Å². The van der Waals surface area contributed by atoms with E-state index in [9.17, 15) is 4.79 Å². The number of hydrogen-bond acceptors (Lipinski definition) is 3. The van der Waals surface area contributed by atoms with E-state index in [1.807, 2.05) is 60.7 Å². The summed E-state index contributed by atoms with van der Waals surface area (Å²) in [6.45, 7) is 4.30. The van der Waals surface area contributed by atoms with Crippen molar-refractivity contribution in [3.8, 4) is 0 Å². The van der Waals surface area contributed by atoms with Crippen LogP contribution in [0, 0.1) is 0 Å². The van der Waals surface area contributed by atoms with Crippen LogP contribution in [-0.2, 0) is 27.5 Å². The molecule has 22 heavy (non-hydrogen) atoms. The van der Waals surface area contributed by atoms with Gasteiger partial charge in [0, 0.05) is 6.42 Å². The van der Waals surface area contributed by atoms with Crippen molar-refractivity contribution in [2.24, 2.45) is 0 Å². The maximum Gasteiger partial charge on any atom is 0.335 e. The molecule has 0 aliphatic heterocycles. The monoisotopic (exact) mass is 296 g/mol. The van der Waals surface area contributed by atoms with Gasteiger partial charge in [-0.15, -0.1) is 6.58 Å². The molecule has 0 N–H and O–H groups in total.